The minimum Gasteiger partial charge on any atom is -0.398 e. The van der Waals surface area contributed by atoms with Crippen LogP contribution in [-0.4, -0.2) is 32.2 Å². The van der Waals surface area contributed by atoms with Crippen molar-refractivity contribution < 1.29 is 13.2 Å². The number of carbonyl (C=O) groups excluding carboxylic acids is 1. The smallest absolute Gasteiger partial charge is 0.279 e. The topological polar surface area (TPSA) is 119 Å². The summed E-state index contributed by atoms with van der Waals surface area (Å²) < 4.78 is 26.5. The maximum atomic E-state index is 11.7. The second-order valence-electron chi connectivity index (χ2n) is 3.64. The summed E-state index contributed by atoms with van der Waals surface area (Å²) in [6.07, 6.45) is 0. The standard InChI is InChI=1S/C10H16N4O3S/c1-13-18(16,17)14(7-10(12)15)6-8-4-2-3-5-9(8)11/h2-5,13H,6-7,11H2,1H3,(H2,12,15). The second-order valence-corrected chi connectivity index (χ2v) is 5.52. The number of primary amides is 1. The van der Waals surface area contributed by atoms with Crippen LogP contribution in [0.5, 0.6) is 0 Å². The van der Waals surface area contributed by atoms with Gasteiger partial charge in [0.05, 0.1) is 6.54 Å². The Balaban J connectivity index is 3.00. The average Bonchev–Trinajstić information content (AvgIpc) is 2.30. The third kappa shape index (κ3) is 3.69. The molecule has 0 aliphatic rings. The summed E-state index contributed by atoms with van der Waals surface area (Å²) in [5, 5.41) is 0. The summed E-state index contributed by atoms with van der Waals surface area (Å²) in [5.74, 6) is -0.733. The van der Waals surface area contributed by atoms with Crippen molar-refractivity contribution in [1.29, 1.82) is 0 Å². The molecule has 0 spiro atoms. The maximum Gasteiger partial charge on any atom is 0.279 e. The van der Waals surface area contributed by atoms with Crippen molar-refractivity contribution in [2.24, 2.45) is 5.73 Å². The fourth-order valence-corrected chi connectivity index (χ4v) is 2.26. The van der Waals surface area contributed by atoms with Crippen molar-refractivity contribution in [3.63, 3.8) is 0 Å². The van der Waals surface area contributed by atoms with Gasteiger partial charge >= 0.3 is 0 Å². The van der Waals surface area contributed by atoms with E-state index in [0.717, 1.165) is 4.31 Å². The summed E-state index contributed by atoms with van der Waals surface area (Å²) in [6.45, 7) is -0.420. The highest BCUT2D eigenvalue weighted by atomic mass is 32.2. The minimum atomic E-state index is -3.74. The highest BCUT2D eigenvalue weighted by Crippen LogP contribution is 2.14. The summed E-state index contributed by atoms with van der Waals surface area (Å²) in [4.78, 5) is 10.9. The van der Waals surface area contributed by atoms with Gasteiger partial charge in [-0.1, -0.05) is 18.2 Å². The molecule has 0 radical (unpaired) electrons. The van der Waals surface area contributed by atoms with E-state index in [4.69, 9.17) is 11.5 Å². The molecule has 0 fully saturated rings. The van der Waals surface area contributed by atoms with E-state index in [1.807, 2.05) is 0 Å². The van der Waals surface area contributed by atoms with Gasteiger partial charge in [0.25, 0.3) is 10.2 Å². The van der Waals surface area contributed by atoms with Crippen molar-refractivity contribution in [3.8, 4) is 0 Å². The number of amides is 1. The molecule has 1 rings (SSSR count). The molecule has 0 atom stereocenters. The molecule has 0 bridgehead atoms. The molecule has 0 unspecified atom stereocenters. The lowest BCUT2D eigenvalue weighted by molar-refractivity contribution is -0.118. The first-order chi connectivity index (χ1) is 8.36. The van der Waals surface area contributed by atoms with Gasteiger partial charge in [-0.05, 0) is 11.6 Å². The van der Waals surface area contributed by atoms with E-state index >= 15 is 0 Å². The fourth-order valence-electron chi connectivity index (χ4n) is 1.40. The zero-order valence-corrected chi connectivity index (χ0v) is 10.8. The van der Waals surface area contributed by atoms with Crippen LogP contribution < -0.4 is 16.2 Å². The molecule has 5 N–H and O–H groups in total. The number of nitrogen functional groups attached to an aromatic ring is 1. The predicted molar refractivity (Wildman–Crippen MR) is 68.4 cm³/mol. The number of nitrogens with zero attached hydrogens (tertiary/aromatic N) is 1. The van der Waals surface area contributed by atoms with Gasteiger partial charge in [0, 0.05) is 19.3 Å². The second kappa shape index (κ2) is 5.80. The summed E-state index contributed by atoms with van der Waals surface area (Å²) in [6, 6.07) is 6.82. The van der Waals surface area contributed by atoms with Crippen molar-refractivity contribution in [1.82, 2.24) is 9.03 Å². The Kier molecular flexibility index (Phi) is 4.65. The van der Waals surface area contributed by atoms with Crippen LogP contribution in [0.3, 0.4) is 0 Å². The largest absolute Gasteiger partial charge is 0.398 e. The van der Waals surface area contributed by atoms with Crippen LogP contribution in [0.25, 0.3) is 0 Å². The van der Waals surface area contributed by atoms with Gasteiger partial charge in [-0.2, -0.15) is 12.7 Å². The van der Waals surface area contributed by atoms with Crippen molar-refractivity contribution in [2.45, 2.75) is 6.54 Å². The molecule has 8 heteroatoms. The number of benzene rings is 1. The van der Waals surface area contributed by atoms with E-state index in [1.54, 1.807) is 24.3 Å². The van der Waals surface area contributed by atoms with E-state index in [9.17, 15) is 13.2 Å². The van der Waals surface area contributed by atoms with Crippen LogP contribution >= 0.6 is 0 Å². The Morgan fingerprint density at radius 2 is 2.00 bits per heavy atom. The third-order valence-corrected chi connectivity index (χ3v) is 3.79. The monoisotopic (exact) mass is 272 g/mol. The lowest BCUT2D eigenvalue weighted by Gasteiger charge is -2.20. The van der Waals surface area contributed by atoms with Crippen LogP contribution in [0.1, 0.15) is 5.56 Å². The molecule has 1 aromatic carbocycles. The molecule has 1 aromatic rings. The summed E-state index contributed by atoms with van der Waals surface area (Å²) >= 11 is 0. The number of carbonyl (C=O) groups is 1. The molecule has 0 aromatic heterocycles. The van der Waals surface area contributed by atoms with Gasteiger partial charge < -0.3 is 11.5 Å². The first-order valence-corrected chi connectivity index (χ1v) is 6.61. The van der Waals surface area contributed by atoms with Crippen molar-refractivity contribution in [2.75, 3.05) is 19.3 Å². The highest BCUT2D eigenvalue weighted by molar-refractivity contribution is 7.87. The molecular weight excluding hydrogens is 256 g/mol. The van der Waals surface area contributed by atoms with Gasteiger partial charge in [-0.25, -0.2) is 4.72 Å². The van der Waals surface area contributed by atoms with Crippen LogP contribution in [0.2, 0.25) is 0 Å². The molecule has 1 amide bonds. The molecule has 0 saturated carbocycles. The van der Waals surface area contributed by atoms with E-state index < -0.39 is 22.7 Å². The van der Waals surface area contributed by atoms with Crippen LogP contribution in [-0.2, 0) is 21.5 Å². The number of hydrogen-bond donors (Lipinski definition) is 3. The number of para-hydroxylation sites is 1. The Morgan fingerprint density at radius 1 is 1.39 bits per heavy atom. The lowest BCUT2D eigenvalue weighted by Crippen LogP contribution is -2.43. The fraction of sp³-hybridized carbons (Fsp3) is 0.300. The Labute approximate surface area is 106 Å². The molecule has 0 aliphatic heterocycles. The SMILES string of the molecule is CNS(=O)(=O)N(CC(N)=O)Cc1ccccc1N. The van der Waals surface area contributed by atoms with Gasteiger partial charge in [-0.3, -0.25) is 4.79 Å². The molecule has 0 saturated heterocycles. The number of nitrogens with two attached hydrogens (primary N) is 2. The molecule has 7 nitrogen and oxygen atoms in total. The Hall–Kier alpha value is -1.64. The Bertz CT molecular complexity index is 530. The number of anilines is 1. The minimum absolute atomic E-state index is 0.0151. The van der Waals surface area contributed by atoms with Gasteiger partial charge in [-0.15, -0.1) is 0 Å². The zero-order chi connectivity index (χ0) is 13.8. The number of nitrogens with one attached hydrogen (secondary N) is 1. The number of rotatable bonds is 6. The highest BCUT2D eigenvalue weighted by Gasteiger charge is 2.22. The molecule has 0 aliphatic carbocycles. The average molecular weight is 272 g/mol. The van der Waals surface area contributed by atoms with Gasteiger partial charge in [0.1, 0.15) is 0 Å². The first-order valence-electron chi connectivity index (χ1n) is 5.17. The van der Waals surface area contributed by atoms with Crippen molar-refractivity contribution >= 4 is 21.8 Å². The van der Waals surface area contributed by atoms with E-state index in [-0.39, 0.29) is 6.54 Å². The molecule has 100 valence electrons. The van der Waals surface area contributed by atoms with Crippen LogP contribution in [0, 0.1) is 0 Å². The van der Waals surface area contributed by atoms with E-state index in [0.29, 0.717) is 11.3 Å². The van der Waals surface area contributed by atoms with E-state index in [2.05, 4.69) is 4.72 Å². The first kappa shape index (κ1) is 14.4. The van der Waals surface area contributed by atoms with Crippen LogP contribution in [0.4, 0.5) is 5.69 Å². The maximum absolute atomic E-state index is 11.7. The summed E-state index contributed by atoms with van der Waals surface area (Å²) in [5.41, 5.74) is 11.8. The normalized spacial score (nSPS) is 11.7. The van der Waals surface area contributed by atoms with E-state index in [1.165, 1.54) is 7.05 Å². The predicted octanol–water partition coefficient (Wildman–Crippen LogP) is -0.980. The van der Waals surface area contributed by atoms with Crippen molar-refractivity contribution in [3.05, 3.63) is 29.8 Å². The molecule has 0 heterocycles. The zero-order valence-electron chi connectivity index (χ0n) is 9.96. The van der Waals surface area contributed by atoms with Crippen LogP contribution in [0.15, 0.2) is 24.3 Å². The van der Waals surface area contributed by atoms with Gasteiger partial charge in [0.2, 0.25) is 5.91 Å². The van der Waals surface area contributed by atoms with Gasteiger partial charge in [0.15, 0.2) is 0 Å². The third-order valence-electron chi connectivity index (χ3n) is 2.33. The molecular formula is C10H16N4O3S. The lowest BCUT2D eigenvalue weighted by atomic mass is 10.2. The Morgan fingerprint density at radius 3 is 2.50 bits per heavy atom. The quantitative estimate of drug-likeness (QED) is 0.577. The molecule has 18 heavy (non-hydrogen) atoms. The summed E-state index contributed by atoms with van der Waals surface area (Å²) in [7, 11) is -2.48. The number of hydrogen-bond acceptors (Lipinski definition) is 4.